The normalized spacial score (nSPS) is 20.5. The SMILES string of the molecule is COC(=O)c1ccc2c(c1)C1(CCC1)COC2. The maximum Gasteiger partial charge on any atom is 0.337 e. The van der Waals surface area contributed by atoms with Crippen molar-refractivity contribution < 1.29 is 14.3 Å². The molecule has 90 valence electrons. The first-order valence-corrected chi connectivity index (χ1v) is 6.05. The average Bonchev–Trinajstić information content (AvgIpc) is 2.34. The Morgan fingerprint density at radius 3 is 2.88 bits per heavy atom. The lowest BCUT2D eigenvalue weighted by atomic mass is 9.63. The van der Waals surface area contributed by atoms with Crippen molar-refractivity contribution in [2.75, 3.05) is 13.7 Å². The van der Waals surface area contributed by atoms with Gasteiger partial charge >= 0.3 is 5.97 Å². The van der Waals surface area contributed by atoms with E-state index in [1.165, 1.54) is 37.5 Å². The van der Waals surface area contributed by atoms with Gasteiger partial charge in [0.15, 0.2) is 0 Å². The lowest BCUT2D eigenvalue weighted by Crippen LogP contribution is -2.42. The van der Waals surface area contributed by atoms with E-state index in [0.717, 1.165) is 6.61 Å². The van der Waals surface area contributed by atoms with E-state index >= 15 is 0 Å². The number of carbonyl (C=O) groups excluding carboxylic acids is 1. The Morgan fingerprint density at radius 1 is 1.41 bits per heavy atom. The minimum Gasteiger partial charge on any atom is -0.465 e. The predicted octanol–water partition coefficient (Wildman–Crippen LogP) is 2.43. The van der Waals surface area contributed by atoms with Crippen LogP contribution in [0.1, 0.15) is 40.7 Å². The van der Waals surface area contributed by atoms with Gasteiger partial charge in [0, 0.05) is 5.41 Å². The fraction of sp³-hybridized carbons (Fsp3) is 0.500. The number of esters is 1. The maximum atomic E-state index is 11.6. The molecule has 1 aliphatic carbocycles. The van der Waals surface area contributed by atoms with Crippen molar-refractivity contribution in [1.29, 1.82) is 0 Å². The molecule has 0 N–H and O–H groups in total. The summed E-state index contributed by atoms with van der Waals surface area (Å²) in [5.41, 5.74) is 3.36. The molecule has 2 aliphatic rings. The van der Waals surface area contributed by atoms with Gasteiger partial charge in [-0.25, -0.2) is 4.79 Å². The van der Waals surface area contributed by atoms with Crippen molar-refractivity contribution in [3.8, 4) is 0 Å². The summed E-state index contributed by atoms with van der Waals surface area (Å²) in [5, 5.41) is 0. The van der Waals surface area contributed by atoms with Gasteiger partial charge in [-0.1, -0.05) is 12.5 Å². The number of benzene rings is 1. The Labute approximate surface area is 101 Å². The minimum absolute atomic E-state index is 0.178. The highest BCUT2D eigenvalue weighted by molar-refractivity contribution is 5.89. The first kappa shape index (κ1) is 10.8. The van der Waals surface area contributed by atoms with Crippen LogP contribution in [0.4, 0.5) is 0 Å². The number of hydrogen-bond donors (Lipinski definition) is 0. The average molecular weight is 232 g/mol. The Hall–Kier alpha value is -1.35. The van der Waals surface area contributed by atoms with Crippen LogP contribution in [0, 0.1) is 0 Å². The second kappa shape index (κ2) is 3.84. The van der Waals surface area contributed by atoms with Crippen LogP contribution < -0.4 is 0 Å². The molecule has 1 heterocycles. The number of methoxy groups -OCH3 is 1. The van der Waals surface area contributed by atoms with Crippen molar-refractivity contribution in [2.24, 2.45) is 0 Å². The van der Waals surface area contributed by atoms with Crippen LogP contribution >= 0.6 is 0 Å². The Kier molecular flexibility index (Phi) is 2.44. The molecule has 3 heteroatoms. The van der Waals surface area contributed by atoms with Gasteiger partial charge in [0.2, 0.25) is 0 Å². The third kappa shape index (κ3) is 1.57. The molecular weight excluding hydrogens is 216 g/mol. The van der Waals surface area contributed by atoms with Crippen molar-refractivity contribution >= 4 is 5.97 Å². The quantitative estimate of drug-likeness (QED) is 0.697. The number of ether oxygens (including phenoxy) is 2. The molecule has 0 amide bonds. The lowest BCUT2D eigenvalue weighted by Gasteiger charge is -2.46. The van der Waals surface area contributed by atoms with E-state index in [1.54, 1.807) is 0 Å². The fourth-order valence-electron chi connectivity index (χ4n) is 2.89. The second-order valence-electron chi connectivity index (χ2n) is 4.99. The van der Waals surface area contributed by atoms with Gasteiger partial charge in [-0.05, 0) is 36.1 Å². The van der Waals surface area contributed by atoms with Gasteiger partial charge in [-0.3, -0.25) is 0 Å². The van der Waals surface area contributed by atoms with Crippen LogP contribution in [0.3, 0.4) is 0 Å². The molecule has 3 rings (SSSR count). The highest BCUT2D eigenvalue weighted by Gasteiger charge is 2.42. The predicted molar refractivity (Wildman–Crippen MR) is 63.0 cm³/mol. The van der Waals surface area contributed by atoms with Gasteiger partial charge in [0.05, 0.1) is 25.9 Å². The highest BCUT2D eigenvalue weighted by atomic mass is 16.5. The molecule has 0 atom stereocenters. The van der Waals surface area contributed by atoms with Crippen LogP contribution in [0.2, 0.25) is 0 Å². The van der Waals surface area contributed by atoms with Crippen molar-refractivity contribution in [2.45, 2.75) is 31.3 Å². The summed E-state index contributed by atoms with van der Waals surface area (Å²) in [5.74, 6) is -0.256. The lowest BCUT2D eigenvalue weighted by molar-refractivity contribution is 0.0159. The van der Waals surface area contributed by atoms with Gasteiger partial charge in [0.1, 0.15) is 0 Å². The zero-order chi connectivity index (χ0) is 11.9. The van der Waals surface area contributed by atoms with E-state index in [9.17, 15) is 4.79 Å². The molecular formula is C14H16O3. The number of rotatable bonds is 1. The van der Waals surface area contributed by atoms with Gasteiger partial charge in [0.25, 0.3) is 0 Å². The van der Waals surface area contributed by atoms with E-state index in [-0.39, 0.29) is 11.4 Å². The maximum absolute atomic E-state index is 11.6. The molecule has 1 aromatic rings. The summed E-state index contributed by atoms with van der Waals surface area (Å²) in [6.07, 6.45) is 3.60. The Bertz CT molecular complexity index is 461. The number of carbonyl (C=O) groups is 1. The van der Waals surface area contributed by atoms with E-state index in [1.807, 2.05) is 18.2 Å². The fourth-order valence-corrected chi connectivity index (χ4v) is 2.89. The van der Waals surface area contributed by atoms with Gasteiger partial charge < -0.3 is 9.47 Å². The van der Waals surface area contributed by atoms with Crippen LogP contribution in [-0.4, -0.2) is 19.7 Å². The van der Waals surface area contributed by atoms with Crippen LogP contribution in [0.15, 0.2) is 18.2 Å². The zero-order valence-electron chi connectivity index (χ0n) is 9.99. The standard InChI is InChI=1S/C14H16O3/c1-16-13(15)10-3-4-11-8-17-9-14(5-2-6-14)12(11)7-10/h3-4,7H,2,5-6,8-9H2,1H3. The summed E-state index contributed by atoms with van der Waals surface area (Å²) in [7, 11) is 1.42. The molecule has 1 fully saturated rings. The number of hydrogen-bond acceptors (Lipinski definition) is 3. The summed E-state index contributed by atoms with van der Waals surface area (Å²) in [6.45, 7) is 1.46. The third-order valence-electron chi connectivity index (χ3n) is 4.05. The first-order valence-electron chi connectivity index (χ1n) is 6.05. The monoisotopic (exact) mass is 232 g/mol. The van der Waals surface area contributed by atoms with E-state index < -0.39 is 0 Å². The van der Waals surface area contributed by atoms with E-state index in [2.05, 4.69) is 0 Å². The molecule has 0 aromatic heterocycles. The smallest absolute Gasteiger partial charge is 0.337 e. The van der Waals surface area contributed by atoms with Crippen LogP contribution in [0.5, 0.6) is 0 Å². The van der Waals surface area contributed by atoms with Crippen molar-refractivity contribution in [3.63, 3.8) is 0 Å². The van der Waals surface area contributed by atoms with Gasteiger partial charge in [-0.15, -0.1) is 0 Å². The highest BCUT2D eigenvalue weighted by Crippen LogP contribution is 2.47. The molecule has 3 nitrogen and oxygen atoms in total. The summed E-state index contributed by atoms with van der Waals surface area (Å²) >= 11 is 0. The molecule has 0 bridgehead atoms. The largest absolute Gasteiger partial charge is 0.465 e. The van der Waals surface area contributed by atoms with Crippen molar-refractivity contribution in [3.05, 3.63) is 34.9 Å². The molecule has 0 radical (unpaired) electrons. The zero-order valence-corrected chi connectivity index (χ0v) is 9.99. The minimum atomic E-state index is -0.256. The molecule has 17 heavy (non-hydrogen) atoms. The Morgan fingerprint density at radius 2 is 2.24 bits per heavy atom. The molecule has 0 saturated heterocycles. The van der Waals surface area contributed by atoms with E-state index in [4.69, 9.17) is 9.47 Å². The molecule has 1 aliphatic heterocycles. The summed E-state index contributed by atoms with van der Waals surface area (Å²) < 4.78 is 10.4. The Balaban J connectivity index is 2.05. The first-order chi connectivity index (χ1) is 8.25. The van der Waals surface area contributed by atoms with Gasteiger partial charge in [-0.2, -0.15) is 0 Å². The van der Waals surface area contributed by atoms with E-state index in [0.29, 0.717) is 12.2 Å². The summed E-state index contributed by atoms with van der Waals surface area (Å²) in [4.78, 5) is 11.6. The molecule has 0 unspecified atom stereocenters. The molecule has 1 spiro atoms. The van der Waals surface area contributed by atoms with Crippen LogP contribution in [-0.2, 0) is 21.5 Å². The molecule has 1 saturated carbocycles. The topological polar surface area (TPSA) is 35.5 Å². The second-order valence-corrected chi connectivity index (χ2v) is 4.99. The molecule has 1 aromatic carbocycles. The summed E-state index contributed by atoms with van der Waals surface area (Å²) in [6, 6.07) is 5.83. The number of fused-ring (bicyclic) bond motifs is 2. The third-order valence-corrected chi connectivity index (χ3v) is 4.05. The van der Waals surface area contributed by atoms with Crippen molar-refractivity contribution in [1.82, 2.24) is 0 Å². The van der Waals surface area contributed by atoms with Crippen LogP contribution in [0.25, 0.3) is 0 Å².